The van der Waals surface area contributed by atoms with E-state index in [0.29, 0.717) is 31.0 Å². The molecule has 2 unspecified atom stereocenters. The van der Waals surface area contributed by atoms with Crippen molar-refractivity contribution in [2.24, 2.45) is 11.8 Å². The average Bonchev–Trinajstić information content (AvgIpc) is 3.02. The molecule has 5 nitrogen and oxygen atoms in total. The molecule has 1 saturated carbocycles. The average molecular weight is 324 g/mol. The Bertz CT molecular complexity index is 423. The van der Waals surface area contributed by atoms with Gasteiger partial charge in [0.2, 0.25) is 0 Å². The molecule has 2 bridgehead atoms. The summed E-state index contributed by atoms with van der Waals surface area (Å²) in [6, 6.07) is 0.296. The predicted molar refractivity (Wildman–Crippen MR) is 82.2 cm³/mol. The maximum atomic E-state index is 12.7. The Morgan fingerprint density at radius 1 is 1.15 bits per heavy atom. The molecule has 0 aromatic carbocycles. The SMILES string of the molecule is CNCC1CCN(S(=O)(=O)N2CC3CCC2C3)CC1.Cl. The zero-order chi connectivity index (χ0) is 13.5. The smallest absolute Gasteiger partial charge is 0.282 e. The van der Waals surface area contributed by atoms with Gasteiger partial charge in [0.05, 0.1) is 0 Å². The molecule has 0 amide bonds. The van der Waals surface area contributed by atoms with Crippen molar-refractivity contribution >= 4 is 22.6 Å². The molecule has 0 aromatic rings. The van der Waals surface area contributed by atoms with Gasteiger partial charge in [-0.2, -0.15) is 17.0 Å². The molecular weight excluding hydrogens is 298 g/mol. The van der Waals surface area contributed by atoms with Crippen LogP contribution in [0.4, 0.5) is 0 Å². The summed E-state index contributed by atoms with van der Waals surface area (Å²) in [5.41, 5.74) is 0. The summed E-state index contributed by atoms with van der Waals surface area (Å²) in [5.74, 6) is 1.26. The van der Waals surface area contributed by atoms with E-state index in [2.05, 4.69) is 5.32 Å². The van der Waals surface area contributed by atoms with Crippen molar-refractivity contribution in [1.29, 1.82) is 0 Å². The Labute approximate surface area is 128 Å². The van der Waals surface area contributed by atoms with Crippen molar-refractivity contribution in [3.63, 3.8) is 0 Å². The molecule has 7 heteroatoms. The third-order valence-electron chi connectivity index (χ3n) is 5.05. The lowest BCUT2D eigenvalue weighted by molar-refractivity contribution is 0.239. The molecule has 20 heavy (non-hydrogen) atoms. The first-order chi connectivity index (χ1) is 9.11. The summed E-state index contributed by atoms with van der Waals surface area (Å²) in [5, 5.41) is 3.19. The minimum Gasteiger partial charge on any atom is -0.319 e. The van der Waals surface area contributed by atoms with Gasteiger partial charge in [-0.25, -0.2) is 0 Å². The van der Waals surface area contributed by atoms with E-state index < -0.39 is 10.2 Å². The van der Waals surface area contributed by atoms with Gasteiger partial charge in [0.15, 0.2) is 0 Å². The van der Waals surface area contributed by atoms with Crippen LogP contribution in [-0.2, 0) is 10.2 Å². The highest BCUT2D eigenvalue weighted by molar-refractivity contribution is 7.86. The molecule has 0 radical (unpaired) electrons. The molecule has 118 valence electrons. The van der Waals surface area contributed by atoms with Crippen LogP contribution in [-0.4, -0.2) is 56.3 Å². The molecule has 1 N–H and O–H groups in total. The van der Waals surface area contributed by atoms with E-state index in [4.69, 9.17) is 0 Å². The van der Waals surface area contributed by atoms with Crippen LogP contribution in [0.3, 0.4) is 0 Å². The maximum absolute atomic E-state index is 12.7. The largest absolute Gasteiger partial charge is 0.319 e. The summed E-state index contributed by atoms with van der Waals surface area (Å²) < 4.78 is 28.9. The number of nitrogens with zero attached hydrogens (tertiary/aromatic N) is 2. The van der Waals surface area contributed by atoms with Gasteiger partial charge >= 0.3 is 0 Å². The van der Waals surface area contributed by atoms with Gasteiger partial charge in [0, 0.05) is 25.7 Å². The van der Waals surface area contributed by atoms with E-state index in [0.717, 1.165) is 38.8 Å². The van der Waals surface area contributed by atoms with Crippen LogP contribution in [0.25, 0.3) is 0 Å². The highest BCUT2D eigenvalue weighted by Crippen LogP contribution is 2.40. The van der Waals surface area contributed by atoms with Gasteiger partial charge in [-0.1, -0.05) is 0 Å². The number of hydrogen-bond acceptors (Lipinski definition) is 3. The second kappa shape index (κ2) is 6.48. The second-order valence-electron chi connectivity index (χ2n) is 6.31. The number of rotatable bonds is 4. The minimum absolute atomic E-state index is 0. The van der Waals surface area contributed by atoms with Crippen molar-refractivity contribution in [3.8, 4) is 0 Å². The Kier molecular flexibility index (Phi) is 5.34. The molecule has 2 heterocycles. The first-order valence-corrected chi connectivity index (χ1v) is 8.92. The van der Waals surface area contributed by atoms with Crippen LogP contribution in [0.1, 0.15) is 32.1 Å². The number of hydrogen-bond donors (Lipinski definition) is 1. The van der Waals surface area contributed by atoms with E-state index >= 15 is 0 Å². The van der Waals surface area contributed by atoms with Crippen molar-refractivity contribution < 1.29 is 8.42 Å². The lowest BCUT2D eigenvalue weighted by atomic mass is 9.98. The van der Waals surface area contributed by atoms with Crippen LogP contribution < -0.4 is 5.32 Å². The van der Waals surface area contributed by atoms with Crippen molar-refractivity contribution in [2.75, 3.05) is 33.2 Å². The molecule has 2 aliphatic heterocycles. The molecule has 2 saturated heterocycles. The summed E-state index contributed by atoms with van der Waals surface area (Å²) in [7, 11) is -1.22. The molecule has 0 spiro atoms. The van der Waals surface area contributed by atoms with Crippen molar-refractivity contribution in [2.45, 2.75) is 38.1 Å². The van der Waals surface area contributed by atoms with E-state index in [9.17, 15) is 8.42 Å². The van der Waals surface area contributed by atoms with E-state index in [-0.39, 0.29) is 12.4 Å². The molecule has 0 aromatic heterocycles. The summed E-state index contributed by atoms with van der Waals surface area (Å²) in [4.78, 5) is 0. The van der Waals surface area contributed by atoms with Crippen LogP contribution in [0.5, 0.6) is 0 Å². The Balaban J connectivity index is 0.00000147. The van der Waals surface area contributed by atoms with Gasteiger partial charge < -0.3 is 5.32 Å². The van der Waals surface area contributed by atoms with Gasteiger partial charge in [0.25, 0.3) is 10.2 Å². The van der Waals surface area contributed by atoms with Crippen molar-refractivity contribution in [1.82, 2.24) is 13.9 Å². The maximum Gasteiger partial charge on any atom is 0.282 e. The van der Waals surface area contributed by atoms with Crippen LogP contribution in [0.2, 0.25) is 0 Å². The standard InChI is InChI=1S/C13H25N3O2S.ClH/c1-14-9-11-4-6-15(7-5-11)19(17,18)16-10-12-2-3-13(16)8-12;/h11-14H,2-10H2,1H3;1H. The number of piperidine rings is 2. The van der Waals surface area contributed by atoms with Gasteiger partial charge in [-0.15, -0.1) is 12.4 Å². The molecule has 1 aliphatic carbocycles. The zero-order valence-corrected chi connectivity index (χ0v) is 13.8. The fourth-order valence-corrected chi connectivity index (χ4v) is 5.88. The number of halogens is 1. The Morgan fingerprint density at radius 3 is 2.35 bits per heavy atom. The fraction of sp³-hybridized carbons (Fsp3) is 1.00. The zero-order valence-electron chi connectivity index (χ0n) is 12.1. The lowest BCUT2D eigenvalue weighted by Crippen LogP contribution is -2.50. The van der Waals surface area contributed by atoms with Crippen molar-refractivity contribution in [3.05, 3.63) is 0 Å². The third-order valence-corrected chi connectivity index (χ3v) is 7.11. The molecular formula is C13H26ClN3O2S. The third kappa shape index (κ3) is 2.99. The number of fused-ring (bicyclic) bond motifs is 2. The quantitative estimate of drug-likeness (QED) is 0.842. The molecule has 3 rings (SSSR count). The van der Waals surface area contributed by atoms with E-state index in [1.165, 1.54) is 6.42 Å². The molecule has 3 aliphatic rings. The summed E-state index contributed by atoms with van der Waals surface area (Å²) in [6.07, 6.45) is 5.36. The summed E-state index contributed by atoms with van der Waals surface area (Å²) in [6.45, 7) is 3.16. The first-order valence-electron chi connectivity index (χ1n) is 7.52. The van der Waals surface area contributed by atoms with Crippen LogP contribution in [0.15, 0.2) is 0 Å². The topological polar surface area (TPSA) is 52.7 Å². The minimum atomic E-state index is -3.18. The fourth-order valence-electron chi connectivity index (χ4n) is 3.94. The summed E-state index contributed by atoms with van der Waals surface area (Å²) >= 11 is 0. The van der Waals surface area contributed by atoms with Crippen LogP contribution in [0, 0.1) is 11.8 Å². The highest BCUT2D eigenvalue weighted by atomic mass is 35.5. The lowest BCUT2D eigenvalue weighted by Gasteiger charge is -2.36. The normalized spacial score (nSPS) is 32.5. The highest BCUT2D eigenvalue weighted by Gasteiger charge is 2.46. The Hall–Kier alpha value is 0.120. The first kappa shape index (κ1) is 16.5. The molecule has 3 fully saturated rings. The van der Waals surface area contributed by atoms with Gasteiger partial charge in [-0.3, -0.25) is 0 Å². The van der Waals surface area contributed by atoms with E-state index in [1.54, 1.807) is 8.61 Å². The predicted octanol–water partition coefficient (Wildman–Crippen LogP) is 1.07. The Morgan fingerprint density at radius 2 is 1.85 bits per heavy atom. The number of nitrogens with one attached hydrogen (secondary N) is 1. The van der Waals surface area contributed by atoms with Gasteiger partial charge in [0.1, 0.15) is 0 Å². The molecule has 2 atom stereocenters. The van der Waals surface area contributed by atoms with Crippen LogP contribution >= 0.6 is 12.4 Å². The second-order valence-corrected chi connectivity index (χ2v) is 8.19. The van der Waals surface area contributed by atoms with Gasteiger partial charge in [-0.05, 0) is 57.5 Å². The van der Waals surface area contributed by atoms with E-state index in [1.807, 2.05) is 7.05 Å². The monoisotopic (exact) mass is 323 g/mol.